The summed E-state index contributed by atoms with van der Waals surface area (Å²) in [5, 5.41) is 7.18. The lowest BCUT2D eigenvalue weighted by Crippen LogP contribution is -2.41. The standard InChI is InChI=1S/C26H30N2S.C2H6/c1-8-15-26(5,27-19(4)28(6)7)24-17-29-25-22(13-10-14-23(24)25)21-12-9-11-20(16-21)18(2)3;1-2/h8-14,16-17,27H,1-2,4,15H2,3,5-7H3;1-2H3/t26-;/m0./s1. The number of fused-ring (bicyclic) bond motifs is 1. The predicted molar refractivity (Wildman–Crippen MR) is 141 cm³/mol. The maximum Gasteiger partial charge on any atom is 0.0940 e. The summed E-state index contributed by atoms with van der Waals surface area (Å²) in [6.45, 7) is 20.5. The molecule has 0 radical (unpaired) electrons. The Morgan fingerprint density at radius 1 is 1.13 bits per heavy atom. The number of nitrogens with one attached hydrogen (secondary N) is 1. The minimum absolute atomic E-state index is 0.278. The lowest BCUT2D eigenvalue weighted by molar-refractivity contribution is 0.345. The molecule has 3 heteroatoms. The molecule has 1 heterocycles. The average Bonchev–Trinajstić information content (AvgIpc) is 3.20. The van der Waals surface area contributed by atoms with Gasteiger partial charge in [0.25, 0.3) is 0 Å². The molecule has 31 heavy (non-hydrogen) atoms. The maximum atomic E-state index is 4.18. The van der Waals surface area contributed by atoms with Gasteiger partial charge in [-0.2, -0.15) is 0 Å². The van der Waals surface area contributed by atoms with Crippen molar-refractivity contribution in [2.24, 2.45) is 0 Å². The van der Waals surface area contributed by atoms with Crippen molar-refractivity contribution in [3.8, 4) is 11.1 Å². The fourth-order valence-corrected chi connectivity index (χ4v) is 4.85. The highest BCUT2D eigenvalue weighted by Gasteiger charge is 2.29. The van der Waals surface area contributed by atoms with Gasteiger partial charge >= 0.3 is 0 Å². The Morgan fingerprint density at radius 3 is 2.42 bits per heavy atom. The van der Waals surface area contributed by atoms with Gasteiger partial charge in [-0.05, 0) is 59.4 Å². The van der Waals surface area contributed by atoms with E-state index in [1.165, 1.54) is 32.3 Å². The Bertz CT molecular complexity index is 1070. The van der Waals surface area contributed by atoms with E-state index in [4.69, 9.17) is 0 Å². The van der Waals surface area contributed by atoms with Crippen LogP contribution in [0.25, 0.3) is 26.8 Å². The van der Waals surface area contributed by atoms with Gasteiger partial charge in [-0.15, -0.1) is 17.9 Å². The second-order valence-electron chi connectivity index (χ2n) is 7.98. The number of thiophene rings is 1. The quantitative estimate of drug-likeness (QED) is 0.362. The molecule has 0 saturated heterocycles. The van der Waals surface area contributed by atoms with Gasteiger partial charge in [0.2, 0.25) is 0 Å². The van der Waals surface area contributed by atoms with E-state index in [-0.39, 0.29) is 5.54 Å². The van der Waals surface area contributed by atoms with Gasteiger partial charge in [0.15, 0.2) is 0 Å². The lowest BCUT2D eigenvalue weighted by atomic mass is 9.87. The molecule has 0 aliphatic carbocycles. The first-order chi connectivity index (χ1) is 14.8. The Kier molecular flexibility index (Phi) is 8.29. The SMILES string of the molecule is C=CC[C@](C)(NC(=C)N(C)C)c1csc2c(-c3cccc(C(=C)C)c3)cccc12.CC. The molecule has 1 aromatic heterocycles. The fourth-order valence-electron chi connectivity index (χ4n) is 3.61. The second kappa shape index (κ2) is 10.5. The van der Waals surface area contributed by atoms with Crippen molar-refractivity contribution in [1.82, 2.24) is 10.2 Å². The van der Waals surface area contributed by atoms with E-state index in [0.29, 0.717) is 0 Å². The summed E-state index contributed by atoms with van der Waals surface area (Å²) in [6, 6.07) is 15.2. The molecule has 0 aliphatic rings. The lowest BCUT2D eigenvalue weighted by Gasteiger charge is -2.34. The van der Waals surface area contributed by atoms with Crippen LogP contribution in [0.5, 0.6) is 0 Å². The van der Waals surface area contributed by atoms with Crippen molar-refractivity contribution in [3.05, 3.63) is 90.6 Å². The molecule has 1 N–H and O–H groups in total. The van der Waals surface area contributed by atoms with Crippen molar-refractivity contribution in [3.63, 3.8) is 0 Å². The molecule has 1 atom stereocenters. The van der Waals surface area contributed by atoms with Crippen LogP contribution in [0.1, 0.15) is 45.2 Å². The van der Waals surface area contributed by atoms with Gasteiger partial charge in [0.05, 0.1) is 11.4 Å². The van der Waals surface area contributed by atoms with E-state index < -0.39 is 0 Å². The van der Waals surface area contributed by atoms with Crippen molar-refractivity contribution in [2.45, 2.75) is 39.7 Å². The van der Waals surface area contributed by atoms with Crippen LogP contribution in [-0.2, 0) is 5.54 Å². The Labute approximate surface area is 192 Å². The zero-order valence-corrected chi connectivity index (χ0v) is 20.7. The fraction of sp³-hybridized carbons (Fsp3) is 0.286. The van der Waals surface area contributed by atoms with Gasteiger partial charge in [-0.1, -0.05) is 75.1 Å². The van der Waals surface area contributed by atoms with Crippen LogP contribution in [0.2, 0.25) is 0 Å². The molecule has 0 unspecified atom stereocenters. The molecule has 0 amide bonds. The second-order valence-corrected chi connectivity index (χ2v) is 8.86. The van der Waals surface area contributed by atoms with E-state index in [1.807, 2.05) is 45.8 Å². The Morgan fingerprint density at radius 2 is 1.81 bits per heavy atom. The normalized spacial score (nSPS) is 12.3. The van der Waals surface area contributed by atoms with E-state index in [9.17, 15) is 0 Å². The molecule has 2 nitrogen and oxygen atoms in total. The number of nitrogens with zero attached hydrogens (tertiary/aromatic N) is 1. The van der Waals surface area contributed by atoms with Crippen LogP contribution >= 0.6 is 11.3 Å². The number of allylic oxidation sites excluding steroid dienone is 1. The monoisotopic (exact) mass is 432 g/mol. The van der Waals surface area contributed by atoms with Gasteiger partial charge in [0, 0.05) is 18.8 Å². The van der Waals surface area contributed by atoms with Gasteiger partial charge in [0.1, 0.15) is 0 Å². The van der Waals surface area contributed by atoms with E-state index >= 15 is 0 Å². The zero-order chi connectivity index (χ0) is 23.2. The molecule has 0 fully saturated rings. The zero-order valence-electron chi connectivity index (χ0n) is 19.9. The third-order valence-electron chi connectivity index (χ3n) is 5.37. The van der Waals surface area contributed by atoms with Gasteiger partial charge < -0.3 is 10.2 Å². The van der Waals surface area contributed by atoms with Crippen LogP contribution in [0, 0.1) is 0 Å². The molecule has 2 aromatic carbocycles. The van der Waals surface area contributed by atoms with Crippen LogP contribution in [0.3, 0.4) is 0 Å². The molecule has 0 aliphatic heterocycles. The highest BCUT2D eigenvalue weighted by molar-refractivity contribution is 7.18. The first kappa shape index (κ1) is 24.5. The maximum absolute atomic E-state index is 4.18. The summed E-state index contributed by atoms with van der Waals surface area (Å²) in [7, 11) is 4.00. The van der Waals surface area contributed by atoms with E-state index in [2.05, 4.69) is 79.8 Å². The molecule has 3 aromatic rings. The molecule has 0 spiro atoms. The number of benzene rings is 2. The first-order valence-electron chi connectivity index (χ1n) is 10.8. The summed E-state index contributed by atoms with van der Waals surface area (Å²) >= 11 is 1.80. The summed E-state index contributed by atoms with van der Waals surface area (Å²) in [4.78, 5) is 2.00. The highest BCUT2D eigenvalue weighted by Crippen LogP contribution is 2.41. The summed E-state index contributed by atoms with van der Waals surface area (Å²) in [5.74, 6) is 0.888. The summed E-state index contributed by atoms with van der Waals surface area (Å²) in [6.07, 6.45) is 2.78. The van der Waals surface area contributed by atoms with Crippen LogP contribution in [-0.4, -0.2) is 19.0 Å². The van der Waals surface area contributed by atoms with E-state index in [1.54, 1.807) is 11.3 Å². The highest BCUT2D eigenvalue weighted by atomic mass is 32.1. The van der Waals surface area contributed by atoms with Crippen LogP contribution in [0.15, 0.2) is 79.5 Å². The average molecular weight is 433 g/mol. The number of hydrogen-bond acceptors (Lipinski definition) is 3. The first-order valence-corrected chi connectivity index (χ1v) is 11.7. The smallest absolute Gasteiger partial charge is 0.0940 e. The molecule has 3 rings (SSSR count). The van der Waals surface area contributed by atoms with Crippen molar-refractivity contribution in [1.29, 1.82) is 0 Å². The largest absolute Gasteiger partial charge is 0.365 e. The Hall–Kier alpha value is -2.78. The molecule has 164 valence electrons. The minimum Gasteiger partial charge on any atom is -0.365 e. The van der Waals surface area contributed by atoms with Crippen LogP contribution in [0.4, 0.5) is 0 Å². The predicted octanol–water partition coefficient (Wildman–Crippen LogP) is 8.04. The number of rotatable bonds is 8. The topological polar surface area (TPSA) is 15.3 Å². The number of hydrogen-bond donors (Lipinski definition) is 1. The van der Waals surface area contributed by atoms with Crippen LogP contribution < -0.4 is 5.32 Å². The third kappa shape index (κ3) is 5.29. The van der Waals surface area contributed by atoms with Crippen molar-refractivity contribution < 1.29 is 0 Å². The van der Waals surface area contributed by atoms with E-state index in [0.717, 1.165) is 17.8 Å². The van der Waals surface area contributed by atoms with Crippen molar-refractivity contribution >= 4 is 27.0 Å². The molecular formula is C28H36N2S. The van der Waals surface area contributed by atoms with Crippen molar-refractivity contribution in [2.75, 3.05) is 14.1 Å². The summed E-state index contributed by atoms with van der Waals surface area (Å²) < 4.78 is 1.30. The Balaban J connectivity index is 0.00000166. The molecular weight excluding hydrogens is 396 g/mol. The minimum atomic E-state index is -0.278. The molecule has 0 saturated carbocycles. The third-order valence-corrected chi connectivity index (χ3v) is 6.40. The summed E-state index contributed by atoms with van der Waals surface area (Å²) in [5.41, 5.74) is 5.74. The molecule has 0 bridgehead atoms. The van der Waals surface area contributed by atoms with Gasteiger partial charge in [-0.3, -0.25) is 0 Å². The van der Waals surface area contributed by atoms with Gasteiger partial charge in [-0.25, -0.2) is 0 Å².